The van der Waals surface area contributed by atoms with Gasteiger partial charge in [-0.1, -0.05) is 29.8 Å². The Bertz CT molecular complexity index is 576. The lowest BCUT2D eigenvalue weighted by atomic mass is 9.77. The minimum absolute atomic E-state index is 0.191. The maximum absolute atomic E-state index is 5.90. The molecule has 1 fully saturated rings. The summed E-state index contributed by atoms with van der Waals surface area (Å²) < 4.78 is 6.94. The van der Waals surface area contributed by atoms with Crippen molar-refractivity contribution in [1.29, 1.82) is 0 Å². The van der Waals surface area contributed by atoms with Crippen LogP contribution in [0.15, 0.2) is 27.1 Å². The molecule has 3 rings (SSSR count). The number of hydrogen-bond donors (Lipinski definition) is 1. The molecule has 0 radical (unpaired) electrons. The third-order valence-corrected chi connectivity index (χ3v) is 4.23. The lowest BCUT2D eigenvalue weighted by Crippen LogP contribution is -2.39. The van der Waals surface area contributed by atoms with Gasteiger partial charge in [-0.05, 0) is 43.0 Å². The molecular formula is C14H17BrN2O. The van der Waals surface area contributed by atoms with Gasteiger partial charge < -0.3 is 9.73 Å². The van der Waals surface area contributed by atoms with E-state index < -0.39 is 0 Å². The van der Waals surface area contributed by atoms with Gasteiger partial charge in [0.2, 0.25) is 5.89 Å². The van der Waals surface area contributed by atoms with Crippen LogP contribution in [0, 0.1) is 5.41 Å². The van der Waals surface area contributed by atoms with E-state index in [0.29, 0.717) is 0 Å². The molecule has 2 heterocycles. The van der Waals surface area contributed by atoms with Crippen LogP contribution in [0.2, 0.25) is 0 Å². The van der Waals surface area contributed by atoms with Crippen LogP contribution in [0.5, 0.6) is 0 Å². The molecule has 3 nitrogen and oxygen atoms in total. The number of nitrogens with zero attached hydrogens (tertiary/aromatic N) is 1. The molecule has 1 aliphatic heterocycles. The molecule has 0 saturated carbocycles. The molecule has 1 atom stereocenters. The highest BCUT2D eigenvalue weighted by atomic mass is 79.9. The molecule has 1 N–H and O–H groups in total. The molecule has 1 unspecified atom stereocenters. The normalized spacial score (nSPS) is 23.4. The zero-order valence-corrected chi connectivity index (χ0v) is 12.3. The van der Waals surface area contributed by atoms with E-state index in [2.05, 4.69) is 40.1 Å². The Morgan fingerprint density at radius 2 is 2.28 bits per heavy atom. The fourth-order valence-electron chi connectivity index (χ4n) is 2.67. The van der Waals surface area contributed by atoms with Gasteiger partial charge in [0, 0.05) is 4.47 Å². The highest BCUT2D eigenvalue weighted by Crippen LogP contribution is 2.40. The quantitative estimate of drug-likeness (QED) is 0.864. The van der Waals surface area contributed by atoms with Gasteiger partial charge in [0.1, 0.15) is 5.52 Å². The van der Waals surface area contributed by atoms with Crippen molar-refractivity contribution in [1.82, 2.24) is 10.3 Å². The Hall–Kier alpha value is -0.870. The first-order valence-electron chi connectivity index (χ1n) is 6.36. The first kappa shape index (κ1) is 12.2. The molecule has 0 spiro atoms. The van der Waals surface area contributed by atoms with E-state index in [9.17, 15) is 0 Å². The molecular weight excluding hydrogens is 292 g/mol. The number of fused-ring (bicyclic) bond motifs is 1. The van der Waals surface area contributed by atoms with Crippen LogP contribution in [-0.4, -0.2) is 11.5 Å². The van der Waals surface area contributed by atoms with Crippen molar-refractivity contribution < 1.29 is 4.42 Å². The van der Waals surface area contributed by atoms with E-state index >= 15 is 0 Å². The molecule has 0 amide bonds. The van der Waals surface area contributed by atoms with E-state index in [4.69, 9.17) is 4.42 Å². The molecule has 1 aliphatic rings. The predicted molar refractivity (Wildman–Crippen MR) is 75.5 cm³/mol. The number of nitrogens with one attached hydrogen (secondary N) is 1. The Kier molecular flexibility index (Phi) is 2.94. The van der Waals surface area contributed by atoms with Gasteiger partial charge in [-0.3, -0.25) is 0 Å². The van der Waals surface area contributed by atoms with Crippen molar-refractivity contribution in [2.45, 2.75) is 32.7 Å². The Balaban J connectivity index is 2.03. The van der Waals surface area contributed by atoms with E-state index in [1.165, 1.54) is 12.8 Å². The van der Waals surface area contributed by atoms with Crippen LogP contribution in [0.1, 0.15) is 38.6 Å². The molecule has 96 valence electrons. The van der Waals surface area contributed by atoms with Crippen LogP contribution in [0.25, 0.3) is 11.1 Å². The highest BCUT2D eigenvalue weighted by molar-refractivity contribution is 9.10. The number of piperidine rings is 1. The second-order valence-corrected chi connectivity index (χ2v) is 6.56. The number of oxazole rings is 1. The van der Waals surface area contributed by atoms with Crippen molar-refractivity contribution in [2.75, 3.05) is 6.54 Å². The summed E-state index contributed by atoms with van der Waals surface area (Å²) in [6.07, 6.45) is 2.42. The van der Waals surface area contributed by atoms with Gasteiger partial charge in [0.05, 0.1) is 6.04 Å². The summed E-state index contributed by atoms with van der Waals surface area (Å²) in [5.41, 5.74) is 1.97. The standard InChI is InChI=1S/C14H17BrN2O/c1-14(2)6-3-7-16-12(14)13-17-10-8-9(15)4-5-11(10)18-13/h4-5,8,12,16H,3,6-7H2,1-2H3. The Labute approximate surface area is 115 Å². The van der Waals surface area contributed by atoms with Crippen molar-refractivity contribution in [3.8, 4) is 0 Å². The third-order valence-electron chi connectivity index (χ3n) is 3.74. The Morgan fingerprint density at radius 1 is 1.44 bits per heavy atom. The lowest BCUT2D eigenvalue weighted by molar-refractivity contribution is 0.157. The fraction of sp³-hybridized carbons (Fsp3) is 0.500. The van der Waals surface area contributed by atoms with Gasteiger partial charge in [-0.2, -0.15) is 0 Å². The van der Waals surface area contributed by atoms with Crippen molar-refractivity contribution in [3.05, 3.63) is 28.6 Å². The number of aromatic nitrogens is 1. The zero-order valence-electron chi connectivity index (χ0n) is 10.7. The monoisotopic (exact) mass is 308 g/mol. The summed E-state index contributed by atoms with van der Waals surface area (Å²) in [5.74, 6) is 0.813. The minimum Gasteiger partial charge on any atom is -0.439 e. The van der Waals surface area contributed by atoms with E-state index in [-0.39, 0.29) is 11.5 Å². The fourth-order valence-corrected chi connectivity index (χ4v) is 3.02. The summed E-state index contributed by atoms with van der Waals surface area (Å²) in [6, 6.07) is 6.15. The summed E-state index contributed by atoms with van der Waals surface area (Å²) >= 11 is 3.46. The van der Waals surface area contributed by atoms with E-state index in [1.807, 2.05) is 18.2 Å². The van der Waals surface area contributed by atoms with E-state index in [1.54, 1.807) is 0 Å². The molecule has 0 aliphatic carbocycles. The highest BCUT2D eigenvalue weighted by Gasteiger charge is 2.36. The molecule has 1 aromatic carbocycles. The summed E-state index contributed by atoms with van der Waals surface area (Å²) in [5, 5.41) is 3.53. The zero-order chi connectivity index (χ0) is 12.8. The topological polar surface area (TPSA) is 38.1 Å². The van der Waals surface area contributed by atoms with Crippen molar-refractivity contribution in [3.63, 3.8) is 0 Å². The second-order valence-electron chi connectivity index (χ2n) is 5.64. The van der Waals surface area contributed by atoms with Crippen molar-refractivity contribution >= 4 is 27.0 Å². The largest absolute Gasteiger partial charge is 0.439 e. The molecule has 4 heteroatoms. The van der Waals surface area contributed by atoms with Crippen LogP contribution in [0.3, 0.4) is 0 Å². The average Bonchev–Trinajstić information content (AvgIpc) is 2.70. The van der Waals surface area contributed by atoms with Crippen LogP contribution in [0.4, 0.5) is 0 Å². The van der Waals surface area contributed by atoms with E-state index in [0.717, 1.165) is 28.0 Å². The maximum atomic E-state index is 5.90. The molecule has 18 heavy (non-hydrogen) atoms. The van der Waals surface area contributed by atoms with Gasteiger partial charge in [0.25, 0.3) is 0 Å². The number of rotatable bonds is 1. The van der Waals surface area contributed by atoms with Crippen molar-refractivity contribution in [2.24, 2.45) is 5.41 Å². The van der Waals surface area contributed by atoms with Gasteiger partial charge in [-0.15, -0.1) is 0 Å². The lowest BCUT2D eigenvalue weighted by Gasteiger charge is -2.37. The molecule has 2 aromatic rings. The first-order valence-corrected chi connectivity index (χ1v) is 7.15. The minimum atomic E-state index is 0.191. The molecule has 1 saturated heterocycles. The summed E-state index contributed by atoms with van der Waals surface area (Å²) in [4.78, 5) is 4.63. The van der Waals surface area contributed by atoms with Gasteiger partial charge >= 0.3 is 0 Å². The SMILES string of the molecule is CC1(C)CCCNC1c1nc2cc(Br)ccc2o1. The Morgan fingerprint density at radius 3 is 3.06 bits per heavy atom. The number of hydrogen-bond acceptors (Lipinski definition) is 3. The first-order chi connectivity index (χ1) is 8.56. The predicted octanol–water partition coefficient (Wildman–Crippen LogP) is 4.04. The number of benzene rings is 1. The third kappa shape index (κ3) is 2.08. The summed E-state index contributed by atoms with van der Waals surface area (Å²) in [6.45, 7) is 5.58. The van der Waals surface area contributed by atoms with Gasteiger partial charge in [-0.25, -0.2) is 4.98 Å². The second kappa shape index (κ2) is 4.35. The average molecular weight is 309 g/mol. The molecule has 0 bridgehead atoms. The number of halogens is 1. The summed E-state index contributed by atoms with van der Waals surface area (Å²) in [7, 11) is 0. The van der Waals surface area contributed by atoms with Crippen LogP contribution >= 0.6 is 15.9 Å². The maximum Gasteiger partial charge on any atom is 0.213 e. The van der Waals surface area contributed by atoms with Crippen LogP contribution in [-0.2, 0) is 0 Å². The smallest absolute Gasteiger partial charge is 0.213 e. The molecule has 1 aromatic heterocycles. The van der Waals surface area contributed by atoms with Gasteiger partial charge in [0.15, 0.2) is 5.58 Å². The van der Waals surface area contributed by atoms with Crippen LogP contribution < -0.4 is 5.32 Å².